The van der Waals surface area contributed by atoms with E-state index in [2.05, 4.69) is 0 Å². The summed E-state index contributed by atoms with van der Waals surface area (Å²) in [6, 6.07) is 0. The first-order valence-electron chi connectivity index (χ1n) is 2.44. The molecule has 0 rings (SSSR count). The van der Waals surface area contributed by atoms with E-state index in [1.165, 1.54) is 11.8 Å². The Morgan fingerprint density at radius 1 is 1.67 bits per heavy atom. The molecule has 4 heteroatoms. The van der Waals surface area contributed by atoms with Crippen molar-refractivity contribution in [2.24, 2.45) is 0 Å². The Morgan fingerprint density at radius 2 is 2.11 bits per heavy atom. The van der Waals surface area contributed by atoms with E-state index in [-0.39, 0.29) is 33.1 Å². The summed E-state index contributed by atoms with van der Waals surface area (Å²) in [4.78, 5) is 9.77. The van der Waals surface area contributed by atoms with E-state index in [1.54, 1.807) is 0 Å². The average Bonchev–Trinajstić information content (AvgIpc) is 1.61. The second kappa shape index (κ2) is 6.86. The van der Waals surface area contributed by atoms with Gasteiger partial charge in [0.15, 0.2) is 0 Å². The molecule has 0 unspecified atom stereocenters. The van der Waals surface area contributed by atoms with Crippen molar-refractivity contribution in [3.8, 4) is 0 Å². The maximum Gasteiger partial charge on any atom is 1.00 e. The van der Waals surface area contributed by atoms with E-state index in [4.69, 9.17) is 0 Å². The molecule has 0 aliphatic carbocycles. The first-order chi connectivity index (χ1) is 3.63. The molecular formula is C5H9O2STl. The number of carbonyl (C=O) groups excluding carboxylic acids is 1. The summed E-state index contributed by atoms with van der Waals surface area (Å²) < 4.78 is 0. The van der Waals surface area contributed by atoms with Crippen molar-refractivity contribution >= 4 is 45.0 Å². The van der Waals surface area contributed by atoms with E-state index in [0.717, 1.165) is 0 Å². The minimum atomic E-state index is -0.983. The van der Waals surface area contributed by atoms with E-state index in [0.29, 0.717) is 5.25 Å². The summed E-state index contributed by atoms with van der Waals surface area (Å²) in [5, 5.41) is 10.2. The quantitative estimate of drug-likeness (QED) is 0.652. The number of carboxylic acid groups (broad SMARTS) is 1. The molecule has 0 aliphatic rings. The van der Waals surface area contributed by atoms with Crippen molar-refractivity contribution < 1.29 is 9.90 Å². The van der Waals surface area contributed by atoms with E-state index in [1.807, 2.05) is 13.8 Å². The maximum atomic E-state index is 9.77. The van der Waals surface area contributed by atoms with E-state index < -0.39 is 5.97 Å². The average molecular weight is 338 g/mol. The zero-order valence-electron chi connectivity index (χ0n) is 5.59. The van der Waals surface area contributed by atoms with Crippen LogP contribution in [-0.4, -0.2) is 44.3 Å². The van der Waals surface area contributed by atoms with Gasteiger partial charge in [0, 0.05) is 5.75 Å². The first-order valence-corrected chi connectivity index (χ1v) is 3.49. The third-order valence-corrected chi connectivity index (χ3v) is 1.60. The Kier molecular flexibility index (Phi) is 9.46. The molecule has 0 aliphatic heterocycles. The zero-order valence-corrected chi connectivity index (χ0v) is 10.9. The molecule has 0 saturated carbocycles. The molecule has 0 bridgehead atoms. The molecule has 0 atom stereocenters. The van der Waals surface area contributed by atoms with Gasteiger partial charge in [-0.15, -0.1) is 0 Å². The van der Waals surface area contributed by atoms with Crippen molar-refractivity contribution in [2.45, 2.75) is 19.1 Å². The van der Waals surface area contributed by atoms with Crippen molar-refractivity contribution in [2.75, 3.05) is 5.75 Å². The second-order valence-corrected chi connectivity index (χ2v) is 3.30. The summed E-state index contributed by atoms with van der Waals surface area (Å²) in [6.07, 6.45) is 0. The summed E-state index contributed by atoms with van der Waals surface area (Å²) in [5.41, 5.74) is 0. The number of thioether (sulfide) groups is 1. The normalized spacial score (nSPS) is 8.78. The summed E-state index contributed by atoms with van der Waals surface area (Å²) >= 11 is 1.38. The molecule has 0 radical (unpaired) electrons. The molecule has 0 heterocycles. The summed E-state index contributed by atoms with van der Waals surface area (Å²) in [5.74, 6) is -0.874. The zero-order chi connectivity index (χ0) is 6.57. The van der Waals surface area contributed by atoms with Gasteiger partial charge in [0.2, 0.25) is 0 Å². The summed E-state index contributed by atoms with van der Waals surface area (Å²) in [6.45, 7) is 3.90. The Morgan fingerprint density at radius 3 is 2.22 bits per heavy atom. The largest absolute Gasteiger partial charge is 1.00 e. The van der Waals surface area contributed by atoms with Crippen LogP contribution in [0.4, 0.5) is 0 Å². The third kappa shape index (κ3) is 12.1. The monoisotopic (exact) mass is 338 g/mol. The molecule has 50 valence electrons. The van der Waals surface area contributed by atoms with Crippen LogP contribution >= 0.6 is 11.8 Å². The molecule has 0 aromatic rings. The molecule has 9 heavy (non-hydrogen) atoms. The predicted octanol–water partition coefficient (Wildman–Crippen LogP) is -0.503. The Labute approximate surface area is 79.6 Å². The fraction of sp³-hybridized carbons (Fsp3) is 0.800. The van der Waals surface area contributed by atoms with Gasteiger partial charge in [0.25, 0.3) is 0 Å². The van der Waals surface area contributed by atoms with Crippen molar-refractivity contribution in [3.63, 3.8) is 0 Å². The smallest absolute Gasteiger partial charge is 0.549 e. The van der Waals surface area contributed by atoms with Crippen LogP contribution in [0.5, 0.6) is 0 Å². The van der Waals surface area contributed by atoms with Gasteiger partial charge >= 0.3 is 27.3 Å². The van der Waals surface area contributed by atoms with Crippen molar-refractivity contribution in [3.05, 3.63) is 0 Å². The standard InChI is InChI=1S/C5H10O2S.Tl/c1-4(2)8-3-5(6)7;/h4H,3H2,1-2H3,(H,6,7);/q;+1/p-1. The van der Waals surface area contributed by atoms with Gasteiger partial charge in [0.1, 0.15) is 0 Å². The first kappa shape index (κ1) is 12.4. The fourth-order valence-corrected chi connectivity index (χ4v) is 0.704. The fourth-order valence-electron chi connectivity index (χ4n) is 0.235. The molecule has 2 nitrogen and oxygen atoms in total. The molecule has 0 aromatic carbocycles. The topological polar surface area (TPSA) is 40.1 Å². The number of hydrogen-bond donors (Lipinski definition) is 0. The van der Waals surface area contributed by atoms with E-state index >= 15 is 0 Å². The van der Waals surface area contributed by atoms with Gasteiger partial charge in [-0.2, -0.15) is 11.8 Å². The molecule has 0 fully saturated rings. The number of carbonyl (C=O) groups is 1. The van der Waals surface area contributed by atoms with Crippen LogP contribution in [0, 0.1) is 0 Å². The molecule has 0 spiro atoms. The van der Waals surface area contributed by atoms with Gasteiger partial charge in [-0.1, -0.05) is 13.8 Å². The number of rotatable bonds is 3. The van der Waals surface area contributed by atoms with Gasteiger partial charge in [-0.3, -0.25) is 0 Å². The molecular weight excluding hydrogens is 329 g/mol. The van der Waals surface area contributed by atoms with Gasteiger partial charge in [-0.05, 0) is 5.25 Å². The number of hydrogen-bond acceptors (Lipinski definition) is 3. The SMILES string of the molecule is CC(C)SCC(=O)[O-].[Tl+]. The van der Waals surface area contributed by atoms with Crippen LogP contribution in [0.2, 0.25) is 0 Å². The van der Waals surface area contributed by atoms with Crippen LogP contribution in [0.1, 0.15) is 13.8 Å². The van der Waals surface area contributed by atoms with Crippen molar-refractivity contribution in [1.82, 2.24) is 0 Å². The Bertz CT molecular complexity index is 85.0. The maximum absolute atomic E-state index is 9.77. The van der Waals surface area contributed by atoms with E-state index in [9.17, 15) is 9.90 Å². The van der Waals surface area contributed by atoms with Crippen LogP contribution in [0.3, 0.4) is 0 Å². The third-order valence-electron chi connectivity index (χ3n) is 0.535. The molecule has 0 aromatic heterocycles. The van der Waals surface area contributed by atoms with Gasteiger partial charge in [0.05, 0.1) is 5.97 Å². The minimum Gasteiger partial charge on any atom is -0.549 e. The molecule has 0 amide bonds. The molecule has 0 saturated heterocycles. The predicted molar refractivity (Wildman–Crippen MR) is 38.4 cm³/mol. The number of carboxylic acids is 1. The minimum absolute atomic E-state index is 0. The van der Waals surface area contributed by atoms with Crippen LogP contribution in [0.25, 0.3) is 0 Å². The van der Waals surface area contributed by atoms with Crippen LogP contribution in [-0.2, 0) is 4.79 Å². The number of aliphatic carboxylic acids is 1. The van der Waals surface area contributed by atoms with Gasteiger partial charge < -0.3 is 9.90 Å². The Balaban J connectivity index is 0. The second-order valence-electron chi connectivity index (χ2n) is 1.73. The van der Waals surface area contributed by atoms with Crippen LogP contribution < -0.4 is 5.11 Å². The molecule has 0 N–H and O–H groups in total. The Hall–Kier alpha value is 0.742. The van der Waals surface area contributed by atoms with Crippen molar-refractivity contribution in [1.29, 1.82) is 0 Å². The van der Waals surface area contributed by atoms with Gasteiger partial charge in [-0.25, -0.2) is 0 Å². The van der Waals surface area contributed by atoms with Crippen LogP contribution in [0.15, 0.2) is 0 Å². The summed E-state index contributed by atoms with van der Waals surface area (Å²) in [7, 11) is 0.